The Morgan fingerprint density at radius 1 is 0.818 bits per heavy atom. The number of carbonyl (C=O) groups excluding carboxylic acids is 2. The lowest BCUT2D eigenvalue weighted by molar-refractivity contribution is 0.112. The smallest absolute Gasteiger partial charge is 0.150 e. The van der Waals surface area contributed by atoms with Crippen LogP contribution in [0.2, 0.25) is 0 Å². The van der Waals surface area contributed by atoms with Gasteiger partial charge in [-0.15, -0.1) is 0 Å². The quantitative estimate of drug-likeness (QED) is 0.678. The molecule has 22 heavy (non-hydrogen) atoms. The van der Waals surface area contributed by atoms with E-state index in [4.69, 9.17) is 4.74 Å². The maximum Gasteiger partial charge on any atom is 0.150 e. The summed E-state index contributed by atoms with van der Waals surface area (Å²) in [5.74, 6) is 0.768. The van der Waals surface area contributed by atoms with E-state index in [2.05, 4.69) is 0 Å². The molecule has 0 aromatic heterocycles. The summed E-state index contributed by atoms with van der Waals surface area (Å²) in [5.41, 5.74) is 2.52. The van der Waals surface area contributed by atoms with Gasteiger partial charge in [0.2, 0.25) is 0 Å². The summed E-state index contributed by atoms with van der Waals surface area (Å²) in [6.07, 6.45) is 1.55. The lowest BCUT2D eigenvalue weighted by atomic mass is 9.93. The monoisotopic (exact) mass is 290 g/mol. The molecule has 3 rings (SSSR count). The van der Waals surface area contributed by atoms with Crippen LogP contribution in [-0.2, 0) is 0 Å². The Hall–Kier alpha value is -2.94. The molecule has 0 amide bonds. The Morgan fingerprint density at radius 2 is 1.50 bits per heavy atom. The predicted octanol–water partition coefficient (Wildman–Crippen LogP) is 4.14. The van der Waals surface area contributed by atoms with Gasteiger partial charge in [0.15, 0.2) is 12.6 Å². The van der Waals surface area contributed by atoms with Crippen LogP contribution in [0.15, 0.2) is 54.6 Å². The van der Waals surface area contributed by atoms with Crippen LogP contribution in [-0.4, -0.2) is 19.7 Å². The number of methoxy groups -OCH3 is 1. The number of fused-ring (bicyclic) bond motifs is 1. The molecule has 3 aromatic carbocycles. The number of benzene rings is 3. The number of hydrogen-bond donors (Lipinski definition) is 0. The summed E-state index contributed by atoms with van der Waals surface area (Å²) >= 11 is 0. The van der Waals surface area contributed by atoms with E-state index in [0.29, 0.717) is 16.7 Å². The first-order chi connectivity index (χ1) is 10.8. The molecule has 0 aliphatic rings. The minimum atomic E-state index is 0.506. The van der Waals surface area contributed by atoms with E-state index in [1.165, 1.54) is 0 Å². The molecule has 0 atom stereocenters. The van der Waals surface area contributed by atoms with Crippen LogP contribution in [0.3, 0.4) is 0 Å². The fourth-order valence-corrected chi connectivity index (χ4v) is 2.63. The summed E-state index contributed by atoms with van der Waals surface area (Å²) in [6.45, 7) is 0. The zero-order chi connectivity index (χ0) is 15.5. The van der Waals surface area contributed by atoms with Gasteiger partial charge in [0.25, 0.3) is 0 Å². The molecule has 0 radical (unpaired) electrons. The third-order valence-electron chi connectivity index (χ3n) is 3.72. The molecule has 3 heteroatoms. The summed E-state index contributed by atoms with van der Waals surface area (Å²) in [7, 11) is 1.62. The molecule has 0 saturated heterocycles. The topological polar surface area (TPSA) is 43.4 Å². The van der Waals surface area contributed by atoms with E-state index in [9.17, 15) is 9.59 Å². The van der Waals surface area contributed by atoms with E-state index in [0.717, 1.165) is 34.7 Å². The molecule has 3 aromatic rings. The molecule has 0 aliphatic heterocycles. The zero-order valence-corrected chi connectivity index (χ0v) is 12.1. The van der Waals surface area contributed by atoms with Gasteiger partial charge in [-0.25, -0.2) is 0 Å². The second-order valence-electron chi connectivity index (χ2n) is 4.98. The molecule has 0 fully saturated rings. The first kappa shape index (κ1) is 14.0. The zero-order valence-electron chi connectivity index (χ0n) is 12.1. The molecule has 0 N–H and O–H groups in total. The predicted molar refractivity (Wildman–Crippen MR) is 86.7 cm³/mol. The minimum absolute atomic E-state index is 0.506. The van der Waals surface area contributed by atoms with Crippen molar-refractivity contribution in [3.63, 3.8) is 0 Å². The Bertz CT molecular complexity index is 839. The third-order valence-corrected chi connectivity index (χ3v) is 3.72. The highest BCUT2D eigenvalue weighted by Gasteiger charge is 2.10. The number of aldehydes is 2. The van der Waals surface area contributed by atoms with Gasteiger partial charge in [-0.3, -0.25) is 9.59 Å². The number of rotatable bonds is 4. The molecule has 0 heterocycles. The van der Waals surface area contributed by atoms with Crippen LogP contribution >= 0.6 is 0 Å². The van der Waals surface area contributed by atoms with Gasteiger partial charge in [-0.1, -0.05) is 36.4 Å². The van der Waals surface area contributed by atoms with E-state index < -0.39 is 0 Å². The Morgan fingerprint density at radius 3 is 2.14 bits per heavy atom. The van der Waals surface area contributed by atoms with Crippen molar-refractivity contribution in [1.82, 2.24) is 0 Å². The van der Waals surface area contributed by atoms with Crippen molar-refractivity contribution in [3.05, 3.63) is 65.7 Å². The maximum absolute atomic E-state index is 11.3. The normalized spacial score (nSPS) is 10.4. The van der Waals surface area contributed by atoms with E-state index in [1.54, 1.807) is 25.3 Å². The van der Waals surface area contributed by atoms with Crippen LogP contribution < -0.4 is 4.74 Å². The van der Waals surface area contributed by atoms with Crippen LogP contribution in [0.1, 0.15) is 20.7 Å². The highest BCUT2D eigenvalue weighted by Crippen LogP contribution is 2.30. The van der Waals surface area contributed by atoms with Gasteiger partial charge >= 0.3 is 0 Å². The fourth-order valence-electron chi connectivity index (χ4n) is 2.63. The summed E-state index contributed by atoms with van der Waals surface area (Å²) in [4.78, 5) is 22.6. The van der Waals surface area contributed by atoms with Gasteiger partial charge in [0.1, 0.15) is 5.75 Å². The lowest BCUT2D eigenvalue weighted by Gasteiger charge is -2.10. The van der Waals surface area contributed by atoms with Crippen molar-refractivity contribution in [2.75, 3.05) is 7.11 Å². The largest absolute Gasteiger partial charge is 0.497 e. The second-order valence-corrected chi connectivity index (χ2v) is 4.98. The molecule has 0 unspecified atom stereocenters. The van der Waals surface area contributed by atoms with E-state index in [1.807, 2.05) is 36.4 Å². The summed E-state index contributed by atoms with van der Waals surface area (Å²) < 4.78 is 5.25. The van der Waals surface area contributed by atoms with Crippen LogP contribution in [0.5, 0.6) is 5.75 Å². The molecule has 0 aliphatic carbocycles. The average Bonchev–Trinajstić information content (AvgIpc) is 2.59. The molecule has 3 nitrogen and oxygen atoms in total. The summed E-state index contributed by atoms with van der Waals surface area (Å²) in [5, 5.41) is 2.06. The van der Waals surface area contributed by atoms with Crippen molar-refractivity contribution in [2.24, 2.45) is 0 Å². The SMILES string of the molecule is COc1ccc2ccc(-c3c(C=O)cccc3C=O)cc2c1. The minimum Gasteiger partial charge on any atom is -0.497 e. The number of hydrogen-bond acceptors (Lipinski definition) is 3. The Balaban J connectivity index is 2.26. The molecular formula is C19H14O3. The number of carbonyl (C=O) groups is 2. The average molecular weight is 290 g/mol. The standard InChI is InChI=1S/C19H14O3/c1-22-18-8-7-13-5-6-14(9-17(13)10-18)19-15(11-20)3-2-4-16(19)12-21/h2-12H,1H3. The highest BCUT2D eigenvalue weighted by molar-refractivity contribution is 5.99. The molecular weight excluding hydrogens is 276 g/mol. The Labute approximate surface area is 128 Å². The summed E-state index contributed by atoms with van der Waals surface area (Å²) in [6, 6.07) is 16.8. The second kappa shape index (κ2) is 5.82. The van der Waals surface area contributed by atoms with Crippen molar-refractivity contribution in [1.29, 1.82) is 0 Å². The van der Waals surface area contributed by atoms with Crippen LogP contribution in [0, 0.1) is 0 Å². The fraction of sp³-hybridized carbons (Fsp3) is 0.0526. The maximum atomic E-state index is 11.3. The molecule has 0 spiro atoms. The third kappa shape index (κ3) is 2.37. The van der Waals surface area contributed by atoms with E-state index >= 15 is 0 Å². The first-order valence-corrected chi connectivity index (χ1v) is 6.88. The first-order valence-electron chi connectivity index (χ1n) is 6.88. The van der Waals surface area contributed by atoms with Crippen molar-refractivity contribution >= 4 is 23.3 Å². The van der Waals surface area contributed by atoms with E-state index in [-0.39, 0.29) is 0 Å². The van der Waals surface area contributed by atoms with Gasteiger partial charge in [0, 0.05) is 16.7 Å². The molecule has 0 bridgehead atoms. The van der Waals surface area contributed by atoms with Crippen LogP contribution in [0.25, 0.3) is 21.9 Å². The molecule has 0 saturated carbocycles. The Kier molecular flexibility index (Phi) is 3.71. The highest BCUT2D eigenvalue weighted by atomic mass is 16.5. The van der Waals surface area contributed by atoms with Gasteiger partial charge in [-0.2, -0.15) is 0 Å². The number of ether oxygens (including phenoxy) is 1. The van der Waals surface area contributed by atoms with Gasteiger partial charge < -0.3 is 4.74 Å². The van der Waals surface area contributed by atoms with Gasteiger partial charge in [0.05, 0.1) is 7.11 Å². The lowest BCUT2D eigenvalue weighted by Crippen LogP contribution is -1.94. The van der Waals surface area contributed by atoms with Crippen molar-refractivity contribution in [2.45, 2.75) is 0 Å². The molecule has 108 valence electrons. The van der Waals surface area contributed by atoms with Crippen molar-refractivity contribution < 1.29 is 14.3 Å². The van der Waals surface area contributed by atoms with Crippen molar-refractivity contribution in [3.8, 4) is 16.9 Å². The van der Waals surface area contributed by atoms with Crippen LogP contribution in [0.4, 0.5) is 0 Å². The van der Waals surface area contributed by atoms with Gasteiger partial charge in [-0.05, 0) is 34.5 Å².